The molecular formula is C14H16FNO4. The van der Waals surface area contributed by atoms with E-state index in [2.05, 4.69) is 11.9 Å². The molecule has 1 aliphatic rings. The minimum atomic E-state index is -1.12. The van der Waals surface area contributed by atoms with E-state index in [0.29, 0.717) is 24.3 Å². The normalized spacial score (nSPS) is 18.1. The molecule has 2 rings (SSSR count). The van der Waals surface area contributed by atoms with E-state index in [0.717, 1.165) is 0 Å². The van der Waals surface area contributed by atoms with Crippen LogP contribution < -0.4 is 10.1 Å². The van der Waals surface area contributed by atoms with Crippen LogP contribution in [0.2, 0.25) is 0 Å². The maximum Gasteiger partial charge on any atom is 0.404 e. The molecule has 6 heteroatoms. The lowest BCUT2D eigenvalue weighted by Gasteiger charge is -2.15. The molecule has 0 bridgehead atoms. The molecule has 20 heavy (non-hydrogen) atoms. The molecule has 5 nitrogen and oxygen atoms in total. The van der Waals surface area contributed by atoms with E-state index in [9.17, 15) is 9.18 Å². The van der Waals surface area contributed by atoms with E-state index in [1.807, 2.05) is 0 Å². The topological polar surface area (TPSA) is 71.1 Å². The number of ether oxygens (including phenoxy) is 2. The lowest BCUT2D eigenvalue weighted by atomic mass is 10.0. The molecule has 108 valence electrons. The Morgan fingerprint density at radius 3 is 3.00 bits per heavy atom. The Labute approximate surface area is 116 Å². The zero-order valence-corrected chi connectivity index (χ0v) is 10.8. The van der Waals surface area contributed by atoms with Gasteiger partial charge < -0.3 is 19.9 Å². The maximum atomic E-state index is 13.5. The Hall–Kier alpha value is -2.08. The van der Waals surface area contributed by atoms with Gasteiger partial charge in [0.15, 0.2) is 0 Å². The Morgan fingerprint density at radius 2 is 2.40 bits per heavy atom. The number of epoxide rings is 1. The summed E-state index contributed by atoms with van der Waals surface area (Å²) in [5, 5.41) is 11.2. The number of carbonyl (C=O) groups is 1. The fourth-order valence-corrected chi connectivity index (χ4v) is 1.95. The highest BCUT2D eigenvalue weighted by Crippen LogP contribution is 2.22. The number of hydrogen-bond donors (Lipinski definition) is 2. The van der Waals surface area contributed by atoms with Crippen molar-refractivity contribution >= 4 is 6.09 Å². The summed E-state index contributed by atoms with van der Waals surface area (Å²) in [6.45, 7) is 4.32. The van der Waals surface area contributed by atoms with Gasteiger partial charge in [0.05, 0.1) is 12.6 Å². The smallest absolute Gasteiger partial charge is 0.404 e. The Kier molecular flexibility index (Phi) is 4.57. The summed E-state index contributed by atoms with van der Waals surface area (Å²) in [7, 11) is 0. The van der Waals surface area contributed by atoms with Crippen LogP contribution in [0, 0.1) is 5.82 Å². The van der Waals surface area contributed by atoms with Crippen molar-refractivity contribution in [1.29, 1.82) is 0 Å². The lowest BCUT2D eigenvalue weighted by molar-refractivity contribution is 0.186. The van der Waals surface area contributed by atoms with Crippen LogP contribution in [0.25, 0.3) is 0 Å². The minimum absolute atomic E-state index is 0.146. The minimum Gasteiger partial charge on any atom is -0.489 e. The number of carboxylic acid groups (broad SMARTS) is 1. The second kappa shape index (κ2) is 6.38. The highest BCUT2D eigenvalue weighted by Gasteiger charge is 2.34. The molecule has 2 N–H and O–H groups in total. The van der Waals surface area contributed by atoms with Gasteiger partial charge in [-0.2, -0.15) is 0 Å². The summed E-state index contributed by atoms with van der Waals surface area (Å²) in [6.07, 6.45) is 0.647. The summed E-state index contributed by atoms with van der Waals surface area (Å²) in [5.41, 5.74) is 0.651. The standard InChI is InChI=1S/C14H16FNO4/c1-2-3-19-11-5-9(4-10(15)7-11)6-12(13-8-20-13)16-14(17)18/h2,4-5,7,12-13,16H,1,3,6,8H2,(H,17,18). The van der Waals surface area contributed by atoms with E-state index in [1.165, 1.54) is 12.1 Å². The largest absolute Gasteiger partial charge is 0.489 e. The van der Waals surface area contributed by atoms with Gasteiger partial charge in [-0.1, -0.05) is 12.7 Å². The average Bonchev–Trinajstić information content (AvgIpc) is 3.18. The van der Waals surface area contributed by atoms with Gasteiger partial charge in [-0.15, -0.1) is 0 Å². The SMILES string of the molecule is C=CCOc1cc(F)cc(CC(NC(=O)O)C2CO2)c1. The van der Waals surface area contributed by atoms with Gasteiger partial charge in [0.2, 0.25) is 0 Å². The van der Waals surface area contributed by atoms with Crippen LogP contribution >= 0.6 is 0 Å². The fraction of sp³-hybridized carbons (Fsp3) is 0.357. The molecule has 2 atom stereocenters. The summed E-state index contributed by atoms with van der Waals surface area (Å²) < 4.78 is 23.9. The van der Waals surface area contributed by atoms with Crippen molar-refractivity contribution in [2.45, 2.75) is 18.6 Å². The van der Waals surface area contributed by atoms with Crippen LogP contribution in [-0.2, 0) is 11.2 Å². The van der Waals surface area contributed by atoms with Crippen LogP contribution in [0.1, 0.15) is 5.56 Å². The van der Waals surface area contributed by atoms with Crippen LogP contribution in [0.3, 0.4) is 0 Å². The van der Waals surface area contributed by atoms with E-state index in [4.69, 9.17) is 14.6 Å². The third-order valence-corrected chi connectivity index (χ3v) is 2.87. The van der Waals surface area contributed by atoms with Gasteiger partial charge in [0.25, 0.3) is 0 Å². The third-order valence-electron chi connectivity index (χ3n) is 2.87. The quantitative estimate of drug-likeness (QED) is 0.592. The average molecular weight is 281 g/mol. The molecule has 1 heterocycles. The molecule has 0 aliphatic carbocycles. The predicted molar refractivity (Wildman–Crippen MR) is 70.5 cm³/mol. The molecule has 1 fully saturated rings. The molecule has 1 amide bonds. The highest BCUT2D eigenvalue weighted by atomic mass is 19.1. The number of nitrogens with one attached hydrogen (secondary N) is 1. The second-order valence-corrected chi connectivity index (χ2v) is 4.53. The van der Waals surface area contributed by atoms with Crippen molar-refractivity contribution < 1.29 is 23.8 Å². The molecule has 1 aromatic carbocycles. The Morgan fingerprint density at radius 1 is 1.65 bits per heavy atom. The van der Waals surface area contributed by atoms with Crippen molar-refractivity contribution in [2.24, 2.45) is 0 Å². The van der Waals surface area contributed by atoms with Crippen molar-refractivity contribution in [1.82, 2.24) is 5.32 Å². The first kappa shape index (κ1) is 14.3. The van der Waals surface area contributed by atoms with Gasteiger partial charge in [-0.05, 0) is 24.1 Å². The number of amides is 1. The zero-order valence-electron chi connectivity index (χ0n) is 10.8. The van der Waals surface area contributed by atoms with Gasteiger partial charge in [0, 0.05) is 6.07 Å². The van der Waals surface area contributed by atoms with Crippen molar-refractivity contribution in [3.63, 3.8) is 0 Å². The predicted octanol–water partition coefficient (Wildman–Crippen LogP) is 1.97. The van der Waals surface area contributed by atoms with Gasteiger partial charge in [0.1, 0.15) is 24.3 Å². The zero-order chi connectivity index (χ0) is 14.5. The summed E-state index contributed by atoms with van der Waals surface area (Å²) in [4.78, 5) is 10.7. The van der Waals surface area contributed by atoms with E-state index in [-0.39, 0.29) is 18.8 Å². The number of halogens is 1. The van der Waals surface area contributed by atoms with Crippen LogP contribution in [0.5, 0.6) is 5.75 Å². The molecule has 0 spiro atoms. The molecule has 0 radical (unpaired) electrons. The van der Waals surface area contributed by atoms with Crippen molar-refractivity contribution in [3.05, 3.63) is 42.2 Å². The maximum absolute atomic E-state index is 13.5. The summed E-state index contributed by atoms with van der Waals surface area (Å²) >= 11 is 0. The van der Waals surface area contributed by atoms with Crippen LogP contribution in [-0.4, -0.2) is 36.6 Å². The summed E-state index contributed by atoms with van der Waals surface area (Å²) in [5.74, 6) is -0.0296. The van der Waals surface area contributed by atoms with Crippen molar-refractivity contribution in [3.8, 4) is 5.75 Å². The first-order valence-corrected chi connectivity index (χ1v) is 6.22. The van der Waals surface area contributed by atoms with Crippen molar-refractivity contribution in [2.75, 3.05) is 13.2 Å². The first-order valence-electron chi connectivity index (χ1n) is 6.22. The first-order chi connectivity index (χ1) is 9.58. The Bertz CT molecular complexity index is 502. The van der Waals surface area contributed by atoms with E-state index >= 15 is 0 Å². The molecule has 1 aromatic rings. The molecule has 0 aromatic heterocycles. The Balaban J connectivity index is 2.07. The fourth-order valence-electron chi connectivity index (χ4n) is 1.95. The molecule has 1 aliphatic heterocycles. The van der Waals surface area contributed by atoms with Crippen LogP contribution in [0.4, 0.5) is 9.18 Å². The summed E-state index contributed by atoms with van der Waals surface area (Å²) in [6, 6.07) is 3.94. The van der Waals surface area contributed by atoms with E-state index in [1.54, 1.807) is 12.1 Å². The van der Waals surface area contributed by atoms with Gasteiger partial charge >= 0.3 is 6.09 Å². The lowest BCUT2D eigenvalue weighted by Crippen LogP contribution is -2.39. The molecule has 0 saturated carbocycles. The second-order valence-electron chi connectivity index (χ2n) is 4.53. The van der Waals surface area contributed by atoms with Gasteiger partial charge in [-0.3, -0.25) is 0 Å². The van der Waals surface area contributed by atoms with E-state index < -0.39 is 11.9 Å². The van der Waals surface area contributed by atoms with Gasteiger partial charge in [-0.25, -0.2) is 9.18 Å². The third kappa shape index (κ3) is 4.24. The highest BCUT2D eigenvalue weighted by molar-refractivity contribution is 5.65. The number of benzene rings is 1. The molecule has 2 unspecified atom stereocenters. The molecular weight excluding hydrogens is 265 g/mol. The number of rotatable bonds is 7. The van der Waals surface area contributed by atoms with Crippen LogP contribution in [0.15, 0.2) is 30.9 Å². The molecule has 1 saturated heterocycles. The number of hydrogen-bond acceptors (Lipinski definition) is 3. The monoisotopic (exact) mass is 281 g/mol.